The van der Waals surface area contributed by atoms with Crippen molar-refractivity contribution < 1.29 is 9.90 Å². The fourth-order valence-electron chi connectivity index (χ4n) is 1.56. The van der Waals surface area contributed by atoms with Gasteiger partial charge in [0.1, 0.15) is 5.75 Å². The minimum Gasteiger partial charge on any atom is -0.506 e. The van der Waals surface area contributed by atoms with Gasteiger partial charge in [0.05, 0.1) is 18.3 Å². The number of aromatic nitrogens is 1. The molecule has 0 saturated heterocycles. The highest BCUT2D eigenvalue weighted by atomic mass is 32.1. The highest BCUT2D eigenvalue weighted by Crippen LogP contribution is 2.20. The van der Waals surface area contributed by atoms with Gasteiger partial charge in [0, 0.05) is 16.0 Å². The van der Waals surface area contributed by atoms with Crippen molar-refractivity contribution in [3.63, 3.8) is 0 Å². The zero-order chi connectivity index (χ0) is 13.1. The second kappa shape index (κ2) is 5.18. The zero-order valence-electron chi connectivity index (χ0n) is 10.2. The van der Waals surface area contributed by atoms with Gasteiger partial charge in [-0.2, -0.15) is 0 Å². The summed E-state index contributed by atoms with van der Waals surface area (Å²) in [5.41, 5.74) is 1.60. The Bertz CT molecular complexity index is 559. The summed E-state index contributed by atoms with van der Waals surface area (Å²) in [6, 6.07) is 3.47. The third kappa shape index (κ3) is 2.87. The second-order valence-corrected chi connectivity index (χ2v) is 5.41. The van der Waals surface area contributed by atoms with E-state index in [1.807, 2.05) is 0 Å². The smallest absolute Gasteiger partial charge is 0.253 e. The van der Waals surface area contributed by atoms with E-state index in [-0.39, 0.29) is 11.7 Å². The number of pyridine rings is 1. The molecule has 0 aliphatic heterocycles. The molecule has 2 aromatic heterocycles. The van der Waals surface area contributed by atoms with Crippen molar-refractivity contribution in [1.29, 1.82) is 0 Å². The summed E-state index contributed by atoms with van der Waals surface area (Å²) < 4.78 is 0. The van der Waals surface area contributed by atoms with Crippen LogP contribution < -0.4 is 5.32 Å². The first-order valence-corrected chi connectivity index (χ1v) is 6.36. The molecular weight excluding hydrogens is 248 g/mol. The molecule has 1 amide bonds. The number of nitrogens with zero attached hydrogens (tertiary/aromatic N) is 1. The number of carbonyl (C=O) groups is 1. The number of hydrogen-bond donors (Lipinski definition) is 2. The number of hydrogen-bond acceptors (Lipinski definition) is 4. The minimum atomic E-state index is -0.234. The number of nitrogens with one attached hydrogen (secondary N) is 1. The molecule has 4 nitrogen and oxygen atoms in total. The first kappa shape index (κ1) is 12.6. The van der Waals surface area contributed by atoms with Crippen molar-refractivity contribution >= 4 is 17.2 Å². The Morgan fingerprint density at radius 1 is 1.39 bits per heavy atom. The molecule has 2 rings (SSSR count). The molecule has 2 aromatic rings. The lowest BCUT2D eigenvalue weighted by Gasteiger charge is -2.03. The zero-order valence-corrected chi connectivity index (χ0v) is 11.0. The molecule has 0 aliphatic rings. The van der Waals surface area contributed by atoms with Crippen molar-refractivity contribution in [2.75, 3.05) is 0 Å². The molecule has 0 saturated carbocycles. The molecule has 0 aliphatic carbocycles. The molecule has 0 bridgehead atoms. The van der Waals surface area contributed by atoms with E-state index < -0.39 is 0 Å². The van der Waals surface area contributed by atoms with Crippen LogP contribution in [0.1, 0.15) is 25.7 Å². The van der Waals surface area contributed by atoms with Gasteiger partial charge in [0.2, 0.25) is 0 Å². The van der Waals surface area contributed by atoms with E-state index in [0.717, 1.165) is 4.88 Å². The Kier molecular flexibility index (Phi) is 3.62. The third-order valence-electron chi connectivity index (χ3n) is 2.63. The van der Waals surface area contributed by atoms with Gasteiger partial charge in [-0.25, -0.2) is 0 Å². The Morgan fingerprint density at radius 2 is 2.17 bits per heavy atom. The predicted molar refractivity (Wildman–Crippen MR) is 70.9 cm³/mol. The molecule has 0 fully saturated rings. The molecule has 18 heavy (non-hydrogen) atoms. The minimum absolute atomic E-state index is 0.00883. The molecule has 5 heteroatoms. The molecule has 0 unspecified atom stereocenters. The number of carbonyl (C=O) groups excluding carboxylic acids is 1. The summed E-state index contributed by atoms with van der Waals surface area (Å²) >= 11 is 1.67. The molecule has 0 radical (unpaired) electrons. The lowest BCUT2D eigenvalue weighted by atomic mass is 10.2. The van der Waals surface area contributed by atoms with E-state index in [4.69, 9.17) is 0 Å². The summed E-state index contributed by atoms with van der Waals surface area (Å²) in [7, 11) is 0. The van der Waals surface area contributed by atoms with Crippen LogP contribution in [0, 0.1) is 13.8 Å². The van der Waals surface area contributed by atoms with Gasteiger partial charge in [-0.15, -0.1) is 11.3 Å². The maximum Gasteiger partial charge on any atom is 0.253 e. The predicted octanol–water partition coefficient (Wildman–Crippen LogP) is 2.40. The molecule has 0 spiro atoms. The number of aryl methyl sites for hydroxylation is 2. The first-order valence-electron chi connectivity index (χ1n) is 5.54. The number of thiophene rings is 1. The van der Waals surface area contributed by atoms with Crippen LogP contribution in [-0.2, 0) is 6.54 Å². The van der Waals surface area contributed by atoms with Crippen LogP contribution in [0.2, 0.25) is 0 Å². The van der Waals surface area contributed by atoms with Crippen LogP contribution in [0.15, 0.2) is 24.5 Å². The van der Waals surface area contributed by atoms with Crippen LogP contribution in [-0.4, -0.2) is 16.0 Å². The summed E-state index contributed by atoms with van der Waals surface area (Å²) in [4.78, 5) is 18.0. The maximum atomic E-state index is 11.8. The Hall–Kier alpha value is -1.88. The quantitative estimate of drug-likeness (QED) is 0.892. The van der Waals surface area contributed by atoms with Crippen molar-refractivity contribution in [2.45, 2.75) is 20.4 Å². The Morgan fingerprint density at radius 3 is 2.78 bits per heavy atom. The van der Waals surface area contributed by atoms with Crippen molar-refractivity contribution in [3.05, 3.63) is 45.4 Å². The van der Waals surface area contributed by atoms with Gasteiger partial charge in [0.25, 0.3) is 5.91 Å². The second-order valence-electron chi connectivity index (χ2n) is 4.07. The van der Waals surface area contributed by atoms with Crippen molar-refractivity contribution in [1.82, 2.24) is 10.3 Å². The van der Waals surface area contributed by atoms with Crippen molar-refractivity contribution in [3.8, 4) is 5.75 Å². The van der Waals surface area contributed by atoms with Gasteiger partial charge in [-0.05, 0) is 31.5 Å². The van der Waals surface area contributed by atoms with Gasteiger partial charge >= 0.3 is 0 Å². The fraction of sp³-hybridized carbons (Fsp3) is 0.231. The maximum absolute atomic E-state index is 11.8. The number of aromatic hydroxyl groups is 1. The monoisotopic (exact) mass is 262 g/mol. The van der Waals surface area contributed by atoms with E-state index >= 15 is 0 Å². The SMILES string of the molecule is Cc1cc(CNC(=O)c2cncc(O)c2)sc1C. The van der Waals surface area contributed by atoms with Crippen LogP contribution in [0.3, 0.4) is 0 Å². The third-order valence-corrected chi connectivity index (χ3v) is 3.78. The highest BCUT2D eigenvalue weighted by molar-refractivity contribution is 7.12. The molecule has 0 atom stereocenters. The molecule has 0 aromatic carbocycles. The van der Waals surface area contributed by atoms with Crippen molar-refractivity contribution in [2.24, 2.45) is 0 Å². The Balaban J connectivity index is 2.00. The largest absolute Gasteiger partial charge is 0.506 e. The van der Waals surface area contributed by atoms with E-state index in [9.17, 15) is 9.90 Å². The average molecular weight is 262 g/mol. The summed E-state index contributed by atoms with van der Waals surface area (Å²) in [6.07, 6.45) is 2.72. The van der Waals surface area contributed by atoms with Crippen LogP contribution in [0.5, 0.6) is 5.75 Å². The number of amides is 1. The van der Waals surface area contributed by atoms with Gasteiger partial charge in [0.15, 0.2) is 0 Å². The number of rotatable bonds is 3. The normalized spacial score (nSPS) is 10.3. The molecule has 94 valence electrons. The summed E-state index contributed by atoms with van der Waals surface area (Å²) in [5.74, 6) is -0.243. The molecule has 2 heterocycles. The van der Waals surface area contributed by atoms with Gasteiger partial charge in [-0.1, -0.05) is 0 Å². The van der Waals surface area contributed by atoms with Gasteiger partial charge in [-0.3, -0.25) is 9.78 Å². The topological polar surface area (TPSA) is 62.2 Å². The van der Waals surface area contributed by atoms with E-state index in [1.54, 1.807) is 11.3 Å². The van der Waals surface area contributed by atoms with Crippen LogP contribution in [0.25, 0.3) is 0 Å². The molecular formula is C13H14N2O2S. The lowest BCUT2D eigenvalue weighted by Crippen LogP contribution is -2.22. The first-order chi connectivity index (χ1) is 8.56. The van der Waals surface area contributed by atoms with E-state index in [1.165, 1.54) is 28.9 Å². The van der Waals surface area contributed by atoms with Crippen LogP contribution in [0.4, 0.5) is 0 Å². The Labute approximate surface area is 109 Å². The fourth-order valence-corrected chi connectivity index (χ4v) is 2.55. The molecule has 2 N–H and O–H groups in total. The summed E-state index contributed by atoms with van der Waals surface area (Å²) in [5, 5.41) is 12.0. The highest BCUT2D eigenvalue weighted by Gasteiger charge is 2.08. The van der Waals surface area contributed by atoms with E-state index in [2.05, 4.69) is 30.2 Å². The lowest BCUT2D eigenvalue weighted by molar-refractivity contribution is 0.0950. The van der Waals surface area contributed by atoms with Gasteiger partial charge < -0.3 is 10.4 Å². The van der Waals surface area contributed by atoms with E-state index in [0.29, 0.717) is 12.1 Å². The average Bonchev–Trinajstić information content (AvgIpc) is 2.66. The van der Waals surface area contributed by atoms with Crippen LogP contribution >= 0.6 is 11.3 Å². The standard InChI is InChI=1S/C13H14N2O2S/c1-8-3-12(18-9(8)2)7-15-13(17)10-4-11(16)6-14-5-10/h3-6,16H,7H2,1-2H3,(H,15,17). The summed E-state index contributed by atoms with van der Waals surface area (Å²) in [6.45, 7) is 4.61.